The third-order valence-corrected chi connectivity index (χ3v) is 3.05. The average molecular weight is 258 g/mol. The zero-order valence-corrected chi connectivity index (χ0v) is 11.3. The van der Waals surface area contributed by atoms with E-state index in [-0.39, 0.29) is 11.5 Å². The lowest BCUT2D eigenvalue weighted by molar-refractivity contribution is 0.101. The molecule has 1 N–H and O–H groups in total. The van der Waals surface area contributed by atoms with Gasteiger partial charge in [-0.15, -0.1) is 0 Å². The molecule has 2 rings (SSSR count). The molecular weight excluding hydrogens is 240 g/mol. The van der Waals surface area contributed by atoms with E-state index in [0.717, 1.165) is 12.8 Å². The molecule has 1 saturated carbocycles. The number of ketones is 1. The van der Waals surface area contributed by atoms with Gasteiger partial charge in [0.05, 0.1) is 6.61 Å². The quantitative estimate of drug-likeness (QED) is 0.667. The molecule has 0 saturated heterocycles. The summed E-state index contributed by atoms with van der Waals surface area (Å²) in [5, 5.41) is 9.95. The minimum Gasteiger partial charge on any atom is -0.508 e. The van der Waals surface area contributed by atoms with Crippen LogP contribution in [0.4, 0.5) is 0 Å². The van der Waals surface area contributed by atoms with Gasteiger partial charge < -0.3 is 9.84 Å². The fraction of sp³-hybridized carbons (Fsp3) is 0.438. The Morgan fingerprint density at radius 1 is 1.47 bits per heavy atom. The number of rotatable bonds is 4. The second-order valence-corrected chi connectivity index (χ2v) is 4.76. The fourth-order valence-electron chi connectivity index (χ4n) is 1.76. The van der Waals surface area contributed by atoms with Gasteiger partial charge in [0.2, 0.25) is 0 Å². The molecule has 1 aliphatic rings. The lowest BCUT2D eigenvalue weighted by Gasteiger charge is -2.08. The maximum Gasteiger partial charge on any atom is 0.161 e. The summed E-state index contributed by atoms with van der Waals surface area (Å²) in [4.78, 5) is 11.7. The highest BCUT2D eigenvalue weighted by Crippen LogP contribution is 2.28. The summed E-state index contributed by atoms with van der Waals surface area (Å²) in [7, 11) is 0. The van der Waals surface area contributed by atoms with Gasteiger partial charge in [-0.25, -0.2) is 0 Å². The van der Waals surface area contributed by atoms with Crippen LogP contribution in [0.1, 0.15) is 48.2 Å². The van der Waals surface area contributed by atoms with Crippen LogP contribution >= 0.6 is 0 Å². The summed E-state index contributed by atoms with van der Waals surface area (Å²) in [6, 6.07) is 3.25. The number of carbonyl (C=O) groups is 1. The molecule has 0 radical (unpaired) electrons. The van der Waals surface area contributed by atoms with Crippen molar-refractivity contribution in [1.82, 2.24) is 0 Å². The number of aromatic hydroxyl groups is 1. The van der Waals surface area contributed by atoms with Crippen LogP contribution in [-0.4, -0.2) is 17.5 Å². The summed E-state index contributed by atoms with van der Waals surface area (Å²) >= 11 is 0. The highest BCUT2D eigenvalue weighted by molar-refractivity contribution is 5.97. The first-order valence-corrected chi connectivity index (χ1v) is 6.58. The number of benzene rings is 1. The summed E-state index contributed by atoms with van der Waals surface area (Å²) in [6.07, 6.45) is 2.27. The van der Waals surface area contributed by atoms with E-state index in [1.54, 1.807) is 12.1 Å². The SMILES string of the molecule is CCOCc1cc(C(C)=O)c(C#CC2CC2)cc1O. The number of phenols is 1. The summed E-state index contributed by atoms with van der Waals surface area (Å²) in [5.74, 6) is 6.68. The van der Waals surface area contributed by atoms with E-state index < -0.39 is 0 Å². The maximum atomic E-state index is 11.7. The normalized spacial score (nSPS) is 13.8. The molecule has 3 nitrogen and oxygen atoms in total. The minimum atomic E-state index is -0.0437. The topological polar surface area (TPSA) is 46.5 Å². The van der Waals surface area contributed by atoms with E-state index >= 15 is 0 Å². The van der Waals surface area contributed by atoms with Crippen molar-refractivity contribution in [2.45, 2.75) is 33.3 Å². The Hall–Kier alpha value is -1.79. The van der Waals surface area contributed by atoms with Crippen molar-refractivity contribution >= 4 is 5.78 Å². The van der Waals surface area contributed by atoms with Crippen LogP contribution in [0.5, 0.6) is 5.75 Å². The second-order valence-electron chi connectivity index (χ2n) is 4.76. The van der Waals surface area contributed by atoms with E-state index in [9.17, 15) is 9.90 Å². The highest BCUT2D eigenvalue weighted by Gasteiger charge is 2.18. The van der Waals surface area contributed by atoms with Crippen LogP contribution in [0.15, 0.2) is 12.1 Å². The molecule has 0 amide bonds. The molecule has 0 aromatic heterocycles. The number of Topliss-reactive ketones (excluding diaryl/α,β-unsaturated/α-hetero) is 1. The molecule has 0 aliphatic heterocycles. The van der Waals surface area contributed by atoms with Gasteiger partial charge in [0, 0.05) is 29.2 Å². The van der Waals surface area contributed by atoms with Crippen molar-refractivity contribution in [2.75, 3.05) is 6.61 Å². The van der Waals surface area contributed by atoms with Crippen molar-refractivity contribution in [1.29, 1.82) is 0 Å². The average Bonchev–Trinajstić information content (AvgIpc) is 3.18. The van der Waals surface area contributed by atoms with Crippen molar-refractivity contribution < 1.29 is 14.6 Å². The van der Waals surface area contributed by atoms with Crippen LogP contribution in [-0.2, 0) is 11.3 Å². The van der Waals surface area contributed by atoms with Crippen LogP contribution < -0.4 is 0 Å². The van der Waals surface area contributed by atoms with Crippen molar-refractivity contribution in [3.63, 3.8) is 0 Å². The van der Waals surface area contributed by atoms with Crippen LogP contribution in [0, 0.1) is 17.8 Å². The van der Waals surface area contributed by atoms with Gasteiger partial charge >= 0.3 is 0 Å². The standard InChI is InChI=1S/C16H18O3/c1-3-19-10-14-8-15(11(2)17)13(9-16(14)18)7-6-12-4-5-12/h8-9,12,18H,3-5,10H2,1-2H3. The molecule has 100 valence electrons. The predicted molar refractivity (Wildman–Crippen MR) is 73.0 cm³/mol. The number of hydrogen-bond acceptors (Lipinski definition) is 3. The molecule has 0 heterocycles. The molecule has 0 unspecified atom stereocenters. The second kappa shape index (κ2) is 5.90. The van der Waals surface area contributed by atoms with E-state index in [4.69, 9.17) is 4.74 Å². The van der Waals surface area contributed by atoms with Gasteiger partial charge in [0.25, 0.3) is 0 Å². The van der Waals surface area contributed by atoms with Gasteiger partial charge in [-0.1, -0.05) is 11.8 Å². The smallest absolute Gasteiger partial charge is 0.161 e. The summed E-state index contributed by atoms with van der Waals surface area (Å²) in [6.45, 7) is 4.27. The van der Waals surface area contributed by atoms with Crippen molar-refractivity contribution in [3.05, 3.63) is 28.8 Å². The van der Waals surface area contributed by atoms with Crippen LogP contribution in [0.25, 0.3) is 0 Å². The van der Waals surface area contributed by atoms with Crippen LogP contribution in [0.3, 0.4) is 0 Å². The number of ether oxygens (including phenoxy) is 1. The molecule has 19 heavy (non-hydrogen) atoms. The van der Waals surface area contributed by atoms with Crippen molar-refractivity contribution in [2.24, 2.45) is 5.92 Å². The Morgan fingerprint density at radius 3 is 2.79 bits per heavy atom. The van der Waals surface area contributed by atoms with E-state index in [0.29, 0.717) is 35.8 Å². The molecular formula is C16H18O3. The van der Waals surface area contributed by atoms with Gasteiger partial charge in [-0.3, -0.25) is 4.79 Å². The van der Waals surface area contributed by atoms with Gasteiger partial charge in [0.15, 0.2) is 5.78 Å². The fourth-order valence-corrected chi connectivity index (χ4v) is 1.76. The van der Waals surface area contributed by atoms with Gasteiger partial charge in [-0.05, 0) is 38.8 Å². The highest BCUT2D eigenvalue weighted by atomic mass is 16.5. The van der Waals surface area contributed by atoms with E-state index in [1.165, 1.54) is 6.92 Å². The minimum absolute atomic E-state index is 0.0437. The van der Waals surface area contributed by atoms with Crippen molar-refractivity contribution in [3.8, 4) is 17.6 Å². The number of phenolic OH excluding ortho intramolecular Hbond substituents is 1. The Kier molecular flexibility index (Phi) is 4.24. The molecule has 0 spiro atoms. The Labute approximate surface area is 113 Å². The first kappa shape index (κ1) is 13.6. The molecule has 1 aliphatic carbocycles. The molecule has 1 aromatic rings. The Bertz CT molecular complexity index is 545. The first-order chi connectivity index (χ1) is 9.11. The molecule has 3 heteroatoms. The third kappa shape index (κ3) is 3.59. The largest absolute Gasteiger partial charge is 0.508 e. The first-order valence-electron chi connectivity index (χ1n) is 6.58. The lowest BCUT2D eigenvalue weighted by atomic mass is 10.0. The lowest BCUT2D eigenvalue weighted by Crippen LogP contribution is -2.01. The summed E-state index contributed by atoms with van der Waals surface area (Å²) < 4.78 is 5.28. The maximum absolute atomic E-state index is 11.7. The zero-order valence-electron chi connectivity index (χ0n) is 11.3. The molecule has 0 bridgehead atoms. The van der Waals surface area contributed by atoms with Gasteiger partial charge in [-0.2, -0.15) is 0 Å². The van der Waals surface area contributed by atoms with E-state index in [2.05, 4.69) is 11.8 Å². The molecule has 1 aromatic carbocycles. The molecule has 1 fully saturated rings. The number of hydrogen-bond donors (Lipinski definition) is 1. The van der Waals surface area contributed by atoms with E-state index in [1.807, 2.05) is 6.92 Å². The zero-order chi connectivity index (χ0) is 13.8. The van der Waals surface area contributed by atoms with Gasteiger partial charge in [0.1, 0.15) is 5.75 Å². The Morgan fingerprint density at radius 2 is 2.21 bits per heavy atom. The summed E-state index contributed by atoms with van der Waals surface area (Å²) in [5.41, 5.74) is 1.79. The third-order valence-electron chi connectivity index (χ3n) is 3.05. The van der Waals surface area contributed by atoms with Crippen LogP contribution in [0.2, 0.25) is 0 Å². The Balaban J connectivity index is 2.34. The predicted octanol–water partition coefficient (Wildman–Crippen LogP) is 2.89. The molecule has 0 atom stereocenters. The number of carbonyl (C=O) groups excluding carboxylic acids is 1. The monoisotopic (exact) mass is 258 g/mol.